The van der Waals surface area contributed by atoms with E-state index in [2.05, 4.69) is 20.9 Å². The molecule has 0 unspecified atom stereocenters. The van der Waals surface area contributed by atoms with E-state index in [0.717, 1.165) is 10.9 Å². The van der Waals surface area contributed by atoms with Gasteiger partial charge in [0.05, 0.1) is 42.2 Å². The number of rotatable bonds is 14. The molecular weight excluding hydrogens is 588 g/mol. The van der Waals surface area contributed by atoms with Crippen LogP contribution in [0.5, 0.6) is 0 Å². The number of para-hydroxylation sites is 1. The first-order valence-corrected chi connectivity index (χ1v) is 15.5. The molecule has 1 heterocycles. The zero-order valence-electron chi connectivity index (χ0n) is 27.3. The average Bonchev–Trinajstić information content (AvgIpc) is 2.99. The first-order valence-electron chi connectivity index (χ1n) is 15.5. The molecule has 46 heavy (non-hydrogen) atoms. The van der Waals surface area contributed by atoms with Crippen molar-refractivity contribution in [3.8, 4) is 0 Å². The monoisotopic (exact) mass is 634 g/mol. The van der Waals surface area contributed by atoms with Crippen LogP contribution in [0.3, 0.4) is 0 Å². The molecule has 0 aliphatic carbocycles. The molecule has 11 nitrogen and oxygen atoms in total. The van der Waals surface area contributed by atoms with Crippen molar-refractivity contribution in [3.05, 3.63) is 78.0 Å². The molecule has 0 bridgehead atoms. The van der Waals surface area contributed by atoms with E-state index in [0.29, 0.717) is 5.52 Å². The molecule has 0 aliphatic rings. The van der Waals surface area contributed by atoms with Gasteiger partial charge in [-0.25, -0.2) is 4.98 Å². The summed E-state index contributed by atoms with van der Waals surface area (Å²) in [7, 11) is 0. The largest absolute Gasteiger partial charge is 0.463 e. The summed E-state index contributed by atoms with van der Waals surface area (Å²) in [5.74, 6) is -3.03. The molecule has 0 fully saturated rings. The van der Waals surface area contributed by atoms with Gasteiger partial charge in [-0.3, -0.25) is 19.2 Å². The summed E-state index contributed by atoms with van der Waals surface area (Å²) < 4.78 is 5.25. The van der Waals surface area contributed by atoms with Gasteiger partial charge in [-0.05, 0) is 50.3 Å². The molecule has 3 aromatic rings. The van der Waals surface area contributed by atoms with Crippen LogP contribution in [0, 0.1) is 11.3 Å². The van der Waals surface area contributed by atoms with Gasteiger partial charge >= 0.3 is 5.97 Å². The highest BCUT2D eigenvalue weighted by Gasteiger charge is 2.35. The van der Waals surface area contributed by atoms with E-state index in [1.165, 1.54) is 13.0 Å². The minimum absolute atomic E-state index is 0.0754. The molecule has 5 atom stereocenters. The third kappa shape index (κ3) is 10.6. The molecule has 5 N–H and O–H groups in total. The lowest BCUT2D eigenvalue weighted by Crippen LogP contribution is -2.58. The molecule has 0 saturated heterocycles. The Bertz CT molecular complexity index is 1490. The first-order chi connectivity index (χ1) is 21.6. The van der Waals surface area contributed by atoms with Gasteiger partial charge in [0, 0.05) is 11.9 Å². The van der Waals surface area contributed by atoms with E-state index in [4.69, 9.17) is 4.74 Å². The normalized spacial score (nSPS) is 14.9. The lowest BCUT2D eigenvalue weighted by molar-refractivity contribution is -0.152. The van der Waals surface area contributed by atoms with Gasteiger partial charge in [-0.1, -0.05) is 75.4 Å². The van der Waals surface area contributed by atoms with Crippen molar-refractivity contribution in [2.24, 2.45) is 11.3 Å². The Morgan fingerprint density at radius 3 is 2.13 bits per heavy atom. The Morgan fingerprint density at radius 1 is 0.848 bits per heavy atom. The number of carbonyl (C=O) groups excluding carboxylic acids is 4. The number of carbonyl (C=O) groups is 4. The van der Waals surface area contributed by atoms with E-state index in [1.807, 2.05) is 63.2 Å². The Kier molecular flexibility index (Phi) is 12.8. The van der Waals surface area contributed by atoms with E-state index < -0.39 is 59.3 Å². The van der Waals surface area contributed by atoms with Crippen molar-refractivity contribution in [2.45, 2.75) is 84.8 Å². The average molecular weight is 635 g/mol. The van der Waals surface area contributed by atoms with Crippen molar-refractivity contribution < 1.29 is 34.1 Å². The highest BCUT2D eigenvalue weighted by atomic mass is 16.5. The van der Waals surface area contributed by atoms with Crippen LogP contribution >= 0.6 is 0 Å². The molecule has 11 heteroatoms. The quantitative estimate of drug-likeness (QED) is 0.169. The number of nitrogens with zero attached hydrogens (tertiary/aromatic N) is 1. The SMILES string of the molecule is CC(C)OC(=O)C[C@@H](C(=O)NC[C@@H](O)[C@H](Cc1ccccc1)NC(=O)[C@@H](NC(=O)c1ccc2ccccc2n1)[C@@H](C)O)C(C)(C)C. The molecule has 0 saturated carbocycles. The van der Waals surface area contributed by atoms with Crippen LogP contribution < -0.4 is 16.0 Å². The summed E-state index contributed by atoms with van der Waals surface area (Å²) in [5, 5.41) is 30.6. The summed E-state index contributed by atoms with van der Waals surface area (Å²) >= 11 is 0. The molecule has 248 valence electrons. The summed E-state index contributed by atoms with van der Waals surface area (Å²) in [5.41, 5.74) is 0.907. The second-order valence-corrected chi connectivity index (χ2v) is 12.9. The first kappa shape index (κ1) is 36.1. The van der Waals surface area contributed by atoms with Crippen molar-refractivity contribution in [2.75, 3.05) is 6.54 Å². The fraction of sp³-hybridized carbons (Fsp3) is 0.457. The van der Waals surface area contributed by atoms with Crippen LogP contribution in [0.15, 0.2) is 66.7 Å². The van der Waals surface area contributed by atoms with Crippen LogP contribution in [-0.4, -0.2) is 75.8 Å². The zero-order valence-corrected chi connectivity index (χ0v) is 27.3. The van der Waals surface area contributed by atoms with Gasteiger partial charge in [0.1, 0.15) is 11.7 Å². The van der Waals surface area contributed by atoms with E-state index in [-0.39, 0.29) is 31.2 Å². The summed E-state index contributed by atoms with van der Waals surface area (Å²) in [6.07, 6.45) is -2.80. The Morgan fingerprint density at radius 2 is 1.50 bits per heavy atom. The summed E-state index contributed by atoms with van der Waals surface area (Å²) in [4.78, 5) is 56.6. The number of amides is 3. The second-order valence-electron chi connectivity index (χ2n) is 12.9. The van der Waals surface area contributed by atoms with Crippen molar-refractivity contribution in [1.29, 1.82) is 0 Å². The molecule has 0 aliphatic heterocycles. The molecule has 0 spiro atoms. The fourth-order valence-electron chi connectivity index (χ4n) is 4.98. The summed E-state index contributed by atoms with van der Waals surface area (Å²) in [6.45, 7) is 10.1. The zero-order chi connectivity index (χ0) is 34.0. The fourth-order valence-corrected chi connectivity index (χ4v) is 4.98. The number of hydrogen-bond acceptors (Lipinski definition) is 8. The maximum atomic E-state index is 13.5. The van der Waals surface area contributed by atoms with Gasteiger partial charge in [0.2, 0.25) is 11.8 Å². The van der Waals surface area contributed by atoms with Crippen LogP contribution in [0.1, 0.15) is 64.0 Å². The van der Waals surface area contributed by atoms with Gasteiger partial charge in [0.15, 0.2) is 0 Å². The standard InChI is InChI=1S/C35H46N4O7/c1-21(2)46-30(42)19-25(35(4,5)6)32(43)36-20-29(41)28(18-23-12-8-7-9-13-23)38-34(45)31(22(3)40)39-33(44)27-17-16-24-14-10-11-15-26(24)37-27/h7-17,21-22,25,28-29,31,40-41H,18-20H2,1-6H3,(H,36,43)(H,38,45)(H,39,44)/t22-,25+,28+,29-,31+/m1/s1. The van der Waals surface area contributed by atoms with Crippen LogP contribution in [0.25, 0.3) is 10.9 Å². The van der Waals surface area contributed by atoms with E-state index in [1.54, 1.807) is 32.0 Å². The number of ether oxygens (including phenoxy) is 1. The van der Waals surface area contributed by atoms with Gasteiger partial charge in [-0.15, -0.1) is 0 Å². The summed E-state index contributed by atoms with van der Waals surface area (Å²) in [6, 6.07) is 17.4. The number of aromatic nitrogens is 1. The van der Waals surface area contributed by atoms with Crippen molar-refractivity contribution in [1.82, 2.24) is 20.9 Å². The van der Waals surface area contributed by atoms with E-state index in [9.17, 15) is 29.4 Å². The number of hydrogen-bond donors (Lipinski definition) is 5. The molecule has 2 aromatic carbocycles. The number of benzene rings is 2. The predicted octanol–water partition coefficient (Wildman–Crippen LogP) is 2.92. The predicted molar refractivity (Wildman–Crippen MR) is 175 cm³/mol. The number of fused-ring (bicyclic) bond motifs is 1. The maximum absolute atomic E-state index is 13.5. The van der Waals surface area contributed by atoms with Crippen LogP contribution in [0.4, 0.5) is 0 Å². The number of pyridine rings is 1. The lowest BCUT2D eigenvalue weighted by Gasteiger charge is -2.31. The second kappa shape index (κ2) is 16.3. The van der Waals surface area contributed by atoms with E-state index >= 15 is 0 Å². The highest BCUT2D eigenvalue weighted by molar-refractivity contribution is 5.98. The van der Waals surface area contributed by atoms with Crippen LogP contribution in [-0.2, 0) is 25.5 Å². The Labute approximate surface area is 270 Å². The third-order valence-electron chi connectivity index (χ3n) is 7.56. The molecule has 1 aromatic heterocycles. The Balaban J connectivity index is 1.75. The lowest BCUT2D eigenvalue weighted by atomic mass is 9.78. The smallest absolute Gasteiger partial charge is 0.306 e. The van der Waals surface area contributed by atoms with Gasteiger partial charge in [-0.2, -0.15) is 0 Å². The van der Waals surface area contributed by atoms with Gasteiger partial charge < -0.3 is 30.9 Å². The van der Waals surface area contributed by atoms with Crippen molar-refractivity contribution >= 4 is 34.6 Å². The number of aliphatic hydroxyl groups excluding tert-OH is 2. The van der Waals surface area contributed by atoms with Crippen LogP contribution in [0.2, 0.25) is 0 Å². The minimum atomic E-state index is -1.36. The number of esters is 1. The topological polar surface area (TPSA) is 167 Å². The Hall–Kier alpha value is -4.35. The molecule has 3 rings (SSSR count). The minimum Gasteiger partial charge on any atom is -0.463 e. The maximum Gasteiger partial charge on any atom is 0.306 e. The molecular formula is C35H46N4O7. The third-order valence-corrected chi connectivity index (χ3v) is 7.56. The number of aliphatic hydroxyl groups is 2. The van der Waals surface area contributed by atoms with Gasteiger partial charge in [0.25, 0.3) is 5.91 Å². The highest BCUT2D eigenvalue weighted by Crippen LogP contribution is 2.29. The van der Waals surface area contributed by atoms with Crippen molar-refractivity contribution in [3.63, 3.8) is 0 Å². The number of nitrogens with one attached hydrogen (secondary N) is 3. The molecule has 0 radical (unpaired) electrons. The molecule has 3 amide bonds.